The lowest BCUT2D eigenvalue weighted by molar-refractivity contribution is 0.229. The number of rotatable bonds is 4. The fourth-order valence-corrected chi connectivity index (χ4v) is 1.76. The molecule has 1 heterocycles. The normalized spacial score (nSPS) is 10.8. The molecule has 19 heavy (non-hydrogen) atoms. The van der Waals surface area contributed by atoms with Crippen molar-refractivity contribution < 1.29 is 13.9 Å². The fourth-order valence-electron chi connectivity index (χ4n) is 1.76. The number of aromatic nitrogens is 2. The quantitative estimate of drug-likeness (QED) is 0.891. The second-order valence-electron chi connectivity index (χ2n) is 4.35. The molecule has 0 bridgehead atoms. The molecule has 0 unspecified atom stereocenters. The lowest BCUT2D eigenvalue weighted by Crippen LogP contribution is -2.07. The Labute approximate surface area is 110 Å². The first kappa shape index (κ1) is 13.2. The third-order valence-electron chi connectivity index (χ3n) is 2.57. The molecule has 1 aromatic carbocycles. The Kier molecular flexibility index (Phi) is 3.59. The molecule has 2 aromatic rings. The van der Waals surface area contributed by atoms with E-state index in [1.807, 2.05) is 13.8 Å². The van der Waals surface area contributed by atoms with Crippen molar-refractivity contribution >= 4 is 5.82 Å². The van der Waals surface area contributed by atoms with Crippen LogP contribution in [0.1, 0.15) is 13.8 Å². The molecule has 6 heteroatoms. The van der Waals surface area contributed by atoms with Crippen LogP contribution in [0, 0.1) is 5.82 Å². The molecule has 2 rings (SSSR count). The molecule has 0 aliphatic carbocycles. The smallest absolute Gasteiger partial charge is 0.164 e. The number of methoxy groups -OCH3 is 1. The van der Waals surface area contributed by atoms with Crippen molar-refractivity contribution in [3.05, 3.63) is 24.1 Å². The lowest BCUT2D eigenvalue weighted by Gasteiger charge is -2.15. The molecular weight excluding hydrogens is 249 g/mol. The van der Waals surface area contributed by atoms with Gasteiger partial charge >= 0.3 is 0 Å². The van der Waals surface area contributed by atoms with E-state index in [2.05, 4.69) is 10.2 Å². The Balaban J connectivity index is 2.50. The SMILES string of the molecule is COc1cc(-c2cn[nH]c2N)c(F)cc1OC(C)C. The largest absolute Gasteiger partial charge is 0.493 e. The van der Waals surface area contributed by atoms with E-state index < -0.39 is 5.82 Å². The molecule has 0 fully saturated rings. The lowest BCUT2D eigenvalue weighted by atomic mass is 10.1. The van der Waals surface area contributed by atoms with Crippen LogP contribution >= 0.6 is 0 Å². The Morgan fingerprint density at radius 3 is 2.53 bits per heavy atom. The third kappa shape index (κ3) is 2.62. The summed E-state index contributed by atoms with van der Waals surface area (Å²) < 4.78 is 24.8. The summed E-state index contributed by atoms with van der Waals surface area (Å²) in [6.45, 7) is 3.72. The zero-order valence-electron chi connectivity index (χ0n) is 11.0. The van der Waals surface area contributed by atoms with Crippen molar-refractivity contribution in [3.63, 3.8) is 0 Å². The Hall–Kier alpha value is -2.24. The van der Waals surface area contributed by atoms with Gasteiger partial charge in [0.15, 0.2) is 11.5 Å². The van der Waals surface area contributed by atoms with Gasteiger partial charge in [-0.25, -0.2) is 4.39 Å². The van der Waals surface area contributed by atoms with E-state index in [0.29, 0.717) is 28.4 Å². The topological polar surface area (TPSA) is 73.2 Å². The van der Waals surface area contributed by atoms with E-state index in [9.17, 15) is 4.39 Å². The zero-order valence-corrected chi connectivity index (χ0v) is 11.0. The number of nitrogen functional groups attached to an aromatic ring is 1. The maximum atomic E-state index is 14.1. The predicted molar refractivity (Wildman–Crippen MR) is 70.7 cm³/mol. The third-order valence-corrected chi connectivity index (χ3v) is 2.57. The summed E-state index contributed by atoms with van der Waals surface area (Å²) in [5.74, 6) is 0.676. The average Bonchev–Trinajstić information content (AvgIpc) is 2.75. The van der Waals surface area contributed by atoms with E-state index in [1.165, 1.54) is 19.4 Å². The van der Waals surface area contributed by atoms with Crippen LogP contribution in [0.3, 0.4) is 0 Å². The van der Waals surface area contributed by atoms with Crippen LogP contribution in [-0.2, 0) is 0 Å². The molecular formula is C13H16FN3O2. The van der Waals surface area contributed by atoms with Crippen LogP contribution in [0.25, 0.3) is 11.1 Å². The minimum absolute atomic E-state index is 0.0712. The van der Waals surface area contributed by atoms with Gasteiger partial charge in [-0.2, -0.15) is 5.10 Å². The minimum atomic E-state index is -0.440. The molecule has 5 nitrogen and oxygen atoms in total. The van der Waals surface area contributed by atoms with Crippen molar-refractivity contribution in [1.29, 1.82) is 0 Å². The molecule has 0 aliphatic rings. The van der Waals surface area contributed by atoms with Gasteiger partial charge in [0.05, 0.1) is 19.4 Å². The highest BCUT2D eigenvalue weighted by molar-refractivity contribution is 5.75. The van der Waals surface area contributed by atoms with Gasteiger partial charge in [0.25, 0.3) is 0 Å². The second-order valence-corrected chi connectivity index (χ2v) is 4.35. The first-order valence-electron chi connectivity index (χ1n) is 5.86. The van der Waals surface area contributed by atoms with E-state index in [4.69, 9.17) is 15.2 Å². The van der Waals surface area contributed by atoms with Crippen molar-refractivity contribution in [1.82, 2.24) is 10.2 Å². The summed E-state index contributed by atoms with van der Waals surface area (Å²) >= 11 is 0. The van der Waals surface area contributed by atoms with Gasteiger partial charge in [0.1, 0.15) is 11.6 Å². The number of halogens is 1. The van der Waals surface area contributed by atoms with E-state index >= 15 is 0 Å². The van der Waals surface area contributed by atoms with E-state index in [0.717, 1.165) is 0 Å². The summed E-state index contributed by atoms with van der Waals surface area (Å²) in [7, 11) is 1.50. The van der Waals surface area contributed by atoms with Gasteiger partial charge in [-0.15, -0.1) is 0 Å². The Morgan fingerprint density at radius 2 is 2.00 bits per heavy atom. The number of nitrogens with one attached hydrogen (secondary N) is 1. The monoisotopic (exact) mass is 265 g/mol. The van der Waals surface area contributed by atoms with Crippen LogP contribution < -0.4 is 15.2 Å². The minimum Gasteiger partial charge on any atom is -0.493 e. The molecule has 102 valence electrons. The van der Waals surface area contributed by atoms with E-state index in [-0.39, 0.29) is 6.10 Å². The highest BCUT2D eigenvalue weighted by Crippen LogP contribution is 2.36. The summed E-state index contributed by atoms with van der Waals surface area (Å²) in [6.07, 6.45) is 1.40. The average molecular weight is 265 g/mol. The van der Waals surface area contributed by atoms with Crippen molar-refractivity contribution in [2.24, 2.45) is 0 Å². The number of hydrogen-bond donors (Lipinski definition) is 2. The molecule has 0 amide bonds. The second kappa shape index (κ2) is 5.17. The molecule has 3 N–H and O–H groups in total. The molecule has 0 aliphatic heterocycles. The number of hydrogen-bond acceptors (Lipinski definition) is 4. The summed E-state index contributed by atoms with van der Waals surface area (Å²) in [5.41, 5.74) is 6.51. The highest BCUT2D eigenvalue weighted by Gasteiger charge is 2.16. The van der Waals surface area contributed by atoms with Crippen LogP contribution in [0.4, 0.5) is 10.2 Å². The zero-order chi connectivity index (χ0) is 14.0. The van der Waals surface area contributed by atoms with Gasteiger partial charge in [-0.1, -0.05) is 0 Å². The van der Waals surface area contributed by atoms with Crippen LogP contribution in [0.5, 0.6) is 11.5 Å². The number of H-pyrrole nitrogens is 1. The molecule has 0 saturated carbocycles. The predicted octanol–water partition coefficient (Wildman–Crippen LogP) is 2.59. The van der Waals surface area contributed by atoms with Gasteiger partial charge in [0.2, 0.25) is 0 Å². The number of anilines is 1. The maximum Gasteiger partial charge on any atom is 0.164 e. The van der Waals surface area contributed by atoms with Gasteiger partial charge in [-0.3, -0.25) is 5.10 Å². The number of nitrogens with zero attached hydrogens (tertiary/aromatic N) is 1. The van der Waals surface area contributed by atoms with Gasteiger partial charge in [0, 0.05) is 17.2 Å². The number of aromatic amines is 1. The maximum absolute atomic E-state index is 14.1. The molecule has 0 saturated heterocycles. The Bertz CT molecular complexity index is 581. The fraction of sp³-hybridized carbons (Fsp3) is 0.308. The van der Waals surface area contributed by atoms with E-state index in [1.54, 1.807) is 6.07 Å². The molecule has 0 atom stereocenters. The summed E-state index contributed by atoms with van der Waals surface area (Å²) in [6, 6.07) is 2.84. The summed E-state index contributed by atoms with van der Waals surface area (Å²) in [4.78, 5) is 0. The van der Waals surface area contributed by atoms with Crippen molar-refractivity contribution in [2.45, 2.75) is 20.0 Å². The van der Waals surface area contributed by atoms with Gasteiger partial charge < -0.3 is 15.2 Å². The highest BCUT2D eigenvalue weighted by atomic mass is 19.1. The summed E-state index contributed by atoms with van der Waals surface area (Å²) in [5, 5.41) is 6.34. The first-order valence-corrected chi connectivity index (χ1v) is 5.86. The standard InChI is InChI=1S/C13H16FN3O2/c1-7(2)19-12-5-10(14)8(4-11(12)18-3)9-6-16-17-13(9)15/h4-7H,1-3H3,(H3,15,16,17). The number of nitrogens with two attached hydrogens (primary N) is 1. The number of ether oxygens (including phenoxy) is 2. The van der Waals surface area contributed by atoms with Crippen LogP contribution in [0.15, 0.2) is 18.3 Å². The van der Waals surface area contributed by atoms with Gasteiger partial charge in [-0.05, 0) is 19.9 Å². The van der Waals surface area contributed by atoms with Crippen LogP contribution in [0.2, 0.25) is 0 Å². The number of benzene rings is 1. The molecule has 0 radical (unpaired) electrons. The molecule has 1 aromatic heterocycles. The Morgan fingerprint density at radius 1 is 1.26 bits per heavy atom. The molecule has 0 spiro atoms. The first-order chi connectivity index (χ1) is 9.02. The van der Waals surface area contributed by atoms with Crippen molar-refractivity contribution in [2.75, 3.05) is 12.8 Å². The van der Waals surface area contributed by atoms with Crippen molar-refractivity contribution in [3.8, 4) is 22.6 Å². The van der Waals surface area contributed by atoms with Crippen LogP contribution in [-0.4, -0.2) is 23.4 Å².